The van der Waals surface area contributed by atoms with Crippen LogP contribution in [0, 0.1) is 0 Å². The van der Waals surface area contributed by atoms with Gasteiger partial charge in [-0.1, -0.05) is 246 Å². The fourth-order valence-corrected chi connectivity index (χ4v) is 7.71. The first kappa shape index (κ1) is 62.8. The zero-order valence-corrected chi connectivity index (χ0v) is 43.2. The van der Waals surface area contributed by atoms with E-state index in [1.807, 2.05) is 0 Å². The van der Waals surface area contributed by atoms with Crippen LogP contribution in [0.1, 0.15) is 258 Å². The number of hydrogen-bond donors (Lipinski definition) is 1. The highest BCUT2D eigenvalue weighted by Crippen LogP contribution is 2.16. The van der Waals surface area contributed by atoms with E-state index in [-0.39, 0.29) is 25.2 Å². The molecule has 0 amide bonds. The van der Waals surface area contributed by atoms with E-state index in [9.17, 15) is 14.7 Å². The van der Waals surface area contributed by atoms with Crippen LogP contribution in [0.3, 0.4) is 0 Å². The van der Waals surface area contributed by atoms with Gasteiger partial charge in [0.15, 0.2) is 6.10 Å². The average Bonchev–Trinajstić information content (AvgIpc) is 3.32. The third-order valence-electron chi connectivity index (χ3n) is 11.9. The highest BCUT2D eigenvalue weighted by Gasteiger charge is 2.16. The van der Waals surface area contributed by atoms with Crippen molar-refractivity contribution in [2.24, 2.45) is 0 Å². The number of carbonyl (C=O) groups excluding carboxylic acids is 2. The first-order valence-electron chi connectivity index (χ1n) is 27.8. The van der Waals surface area contributed by atoms with E-state index in [0.717, 1.165) is 89.9 Å². The van der Waals surface area contributed by atoms with Gasteiger partial charge in [-0.15, -0.1) is 0 Å². The van der Waals surface area contributed by atoms with E-state index in [1.54, 1.807) is 0 Å². The Bertz CT molecular complexity index is 1270. The lowest BCUT2D eigenvalue weighted by molar-refractivity contribution is -0.161. The van der Waals surface area contributed by atoms with E-state index >= 15 is 0 Å². The van der Waals surface area contributed by atoms with Crippen molar-refractivity contribution in [1.29, 1.82) is 0 Å². The van der Waals surface area contributed by atoms with Gasteiger partial charge in [-0.25, -0.2) is 0 Å². The highest BCUT2D eigenvalue weighted by molar-refractivity contribution is 5.70. The number of carbonyl (C=O) groups is 2. The second-order valence-electron chi connectivity index (χ2n) is 18.3. The SMILES string of the molecule is CC/C=C\C/C=C\C/C=C\C/C=C\C/C=C\C/C=C\CCCCCCCCCCCCCCCCCCCCC(=O)OC(CO)COC(=O)CCCCCCC/C=C\C/C=C\CCCCC. The van der Waals surface area contributed by atoms with Crippen LogP contribution in [-0.4, -0.2) is 36.4 Å². The molecule has 5 heteroatoms. The van der Waals surface area contributed by atoms with Crippen molar-refractivity contribution >= 4 is 11.9 Å². The summed E-state index contributed by atoms with van der Waals surface area (Å²) in [5, 5.41) is 9.63. The minimum absolute atomic E-state index is 0.0743. The smallest absolute Gasteiger partial charge is 0.306 e. The fourth-order valence-electron chi connectivity index (χ4n) is 7.71. The molecule has 0 aromatic rings. The van der Waals surface area contributed by atoms with Gasteiger partial charge in [0.1, 0.15) is 6.61 Å². The summed E-state index contributed by atoms with van der Waals surface area (Å²) in [5.41, 5.74) is 0. The van der Waals surface area contributed by atoms with Crippen molar-refractivity contribution < 1.29 is 24.2 Å². The number of unbranched alkanes of at least 4 members (excludes halogenated alkanes) is 26. The number of aliphatic hydroxyl groups excluding tert-OH is 1. The summed E-state index contributed by atoms with van der Waals surface area (Å²) in [7, 11) is 0. The van der Waals surface area contributed by atoms with Crippen molar-refractivity contribution in [1.82, 2.24) is 0 Å². The summed E-state index contributed by atoms with van der Waals surface area (Å²) < 4.78 is 10.7. The van der Waals surface area contributed by atoms with E-state index in [0.29, 0.717) is 12.8 Å². The molecule has 0 aromatic carbocycles. The maximum Gasteiger partial charge on any atom is 0.306 e. The lowest BCUT2D eigenvalue weighted by Crippen LogP contribution is -2.28. The molecule has 0 bridgehead atoms. The standard InChI is InChI=1S/C61H104O5/c1-3-5-7-9-11-13-15-17-19-20-21-22-23-24-25-26-27-28-29-30-31-32-33-34-35-36-37-38-39-40-42-44-46-48-50-52-54-56-61(64)66-59(57-62)58-65-60(63)55-53-51-49-47-45-43-41-18-16-14-12-10-8-6-4-2/h5,7,11-14,17-19,21-22,24-25,27-28,41,59,62H,3-4,6,8-10,15-16,20,23,26,29-40,42-58H2,1-2H3/b7-5-,13-11-,14-12-,19-17-,22-21-,25-24-,28-27-,41-18-. The minimum Gasteiger partial charge on any atom is -0.462 e. The van der Waals surface area contributed by atoms with Crippen LogP contribution >= 0.6 is 0 Å². The molecule has 66 heavy (non-hydrogen) atoms. The van der Waals surface area contributed by atoms with Crippen LogP contribution in [0.5, 0.6) is 0 Å². The Balaban J connectivity index is 3.47. The lowest BCUT2D eigenvalue weighted by Gasteiger charge is -2.15. The predicted molar refractivity (Wildman–Crippen MR) is 288 cm³/mol. The monoisotopic (exact) mass is 917 g/mol. The van der Waals surface area contributed by atoms with Gasteiger partial charge in [0, 0.05) is 12.8 Å². The van der Waals surface area contributed by atoms with Gasteiger partial charge in [0.2, 0.25) is 0 Å². The van der Waals surface area contributed by atoms with Crippen LogP contribution in [0.2, 0.25) is 0 Å². The van der Waals surface area contributed by atoms with Gasteiger partial charge in [0.25, 0.3) is 0 Å². The summed E-state index contributed by atoms with van der Waals surface area (Å²) in [4.78, 5) is 24.4. The summed E-state index contributed by atoms with van der Waals surface area (Å²) in [6.07, 6.45) is 79.5. The normalized spacial score (nSPS) is 13.0. The van der Waals surface area contributed by atoms with Gasteiger partial charge in [-0.05, 0) is 96.3 Å². The molecule has 1 N–H and O–H groups in total. The molecular formula is C61H104O5. The van der Waals surface area contributed by atoms with E-state index in [2.05, 4.69) is 111 Å². The number of rotatable bonds is 50. The quantitative estimate of drug-likeness (QED) is 0.0374. The van der Waals surface area contributed by atoms with Crippen LogP contribution in [0.25, 0.3) is 0 Å². The topological polar surface area (TPSA) is 72.8 Å². The molecule has 0 saturated carbocycles. The molecule has 378 valence electrons. The number of ether oxygens (including phenoxy) is 2. The van der Waals surface area contributed by atoms with E-state index in [1.165, 1.54) is 141 Å². The van der Waals surface area contributed by atoms with Gasteiger partial charge >= 0.3 is 11.9 Å². The number of esters is 2. The fraction of sp³-hybridized carbons (Fsp3) is 0.705. The van der Waals surface area contributed by atoms with Crippen molar-refractivity contribution in [3.63, 3.8) is 0 Å². The Hall–Kier alpha value is -3.18. The van der Waals surface area contributed by atoms with Gasteiger partial charge in [0.05, 0.1) is 6.61 Å². The molecule has 0 fully saturated rings. The van der Waals surface area contributed by atoms with Crippen LogP contribution in [0.4, 0.5) is 0 Å². The summed E-state index contributed by atoms with van der Waals surface area (Å²) in [6, 6.07) is 0. The average molecular weight is 917 g/mol. The molecule has 0 radical (unpaired) electrons. The molecule has 0 saturated heterocycles. The predicted octanol–water partition coefficient (Wildman–Crippen LogP) is 18.7. The highest BCUT2D eigenvalue weighted by atomic mass is 16.6. The number of hydrogen-bond acceptors (Lipinski definition) is 5. The summed E-state index contributed by atoms with van der Waals surface area (Å²) in [5.74, 6) is -0.603. The van der Waals surface area contributed by atoms with Crippen molar-refractivity contribution in [3.8, 4) is 0 Å². The Kier molecular flexibility index (Phi) is 53.4. The second kappa shape index (κ2) is 56.1. The third-order valence-corrected chi connectivity index (χ3v) is 11.9. The second-order valence-corrected chi connectivity index (χ2v) is 18.3. The van der Waals surface area contributed by atoms with Crippen LogP contribution in [-0.2, 0) is 19.1 Å². The molecule has 0 aliphatic heterocycles. The zero-order chi connectivity index (χ0) is 47.7. The van der Waals surface area contributed by atoms with Crippen molar-refractivity contribution in [3.05, 3.63) is 97.2 Å². The van der Waals surface area contributed by atoms with Crippen molar-refractivity contribution in [2.75, 3.05) is 13.2 Å². The van der Waals surface area contributed by atoms with Gasteiger partial charge < -0.3 is 14.6 Å². The largest absolute Gasteiger partial charge is 0.462 e. The third kappa shape index (κ3) is 53.4. The molecule has 0 heterocycles. The number of allylic oxidation sites excluding steroid dienone is 16. The van der Waals surface area contributed by atoms with E-state index in [4.69, 9.17) is 9.47 Å². The molecule has 1 atom stereocenters. The van der Waals surface area contributed by atoms with Gasteiger partial charge in [-0.3, -0.25) is 9.59 Å². The zero-order valence-electron chi connectivity index (χ0n) is 43.2. The van der Waals surface area contributed by atoms with Crippen LogP contribution in [0.15, 0.2) is 97.2 Å². The molecule has 0 aromatic heterocycles. The van der Waals surface area contributed by atoms with Crippen molar-refractivity contribution in [2.45, 2.75) is 264 Å². The molecule has 0 spiro atoms. The maximum atomic E-state index is 12.3. The lowest BCUT2D eigenvalue weighted by atomic mass is 10.0. The molecule has 0 aliphatic carbocycles. The summed E-state index contributed by atoms with van der Waals surface area (Å²) >= 11 is 0. The Morgan fingerprint density at radius 2 is 0.652 bits per heavy atom. The Morgan fingerprint density at radius 3 is 0.985 bits per heavy atom. The molecule has 0 aliphatic rings. The van der Waals surface area contributed by atoms with Gasteiger partial charge in [-0.2, -0.15) is 0 Å². The summed E-state index contributed by atoms with van der Waals surface area (Å²) in [6.45, 7) is 4.00. The first-order chi connectivity index (χ1) is 32.6. The first-order valence-corrected chi connectivity index (χ1v) is 27.8. The Labute approximate surface area is 408 Å². The molecule has 5 nitrogen and oxygen atoms in total. The minimum atomic E-state index is -0.781. The molecule has 1 unspecified atom stereocenters. The molecular weight excluding hydrogens is 813 g/mol. The molecule has 0 rings (SSSR count). The number of aliphatic hydroxyl groups is 1. The Morgan fingerprint density at radius 1 is 0.364 bits per heavy atom. The maximum absolute atomic E-state index is 12.3. The van der Waals surface area contributed by atoms with E-state index < -0.39 is 6.10 Å². The van der Waals surface area contributed by atoms with Crippen LogP contribution < -0.4 is 0 Å².